The highest BCUT2D eigenvalue weighted by Gasteiger charge is 2.21. The molecule has 2 rings (SSSR count). The molecule has 0 aliphatic carbocycles. The summed E-state index contributed by atoms with van der Waals surface area (Å²) < 4.78 is 9.79. The molecule has 25 heavy (non-hydrogen) atoms. The number of methoxy groups -OCH3 is 2. The minimum Gasteiger partial charge on any atom is -0.496 e. The number of amides is 1. The van der Waals surface area contributed by atoms with Crippen molar-refractivity contribution in [2.24, 2.45) is 0 Å². The van der Waals surface area contributed by atoms with Crippen LogP contribution in [0.15, 0.2) is 24.3 Å². The Balaban J connectivity index is 2.43. The first-order valence-electron chi connectivity index (χ1n) is 6.70. The van der Waals surface area contributed by atoms with Gasteiger partial charge in [0.1, 0.15) is 11.3 Å². The highest BCUT2D eigenvalue weighted by Crippen LogP contribution is 2.35. The molecule has 2 aromatic rings. The molecule has 0 atom stereocenters. The molecule has 0 aromatic heterocycles. The maximum Gasteiger partial charge on any atom is 0.341 e. The van der Waals surface area contributed by atoms with E-state index in [1.54, 1.807) is 0 Å². The van der Waals surface area contributed by atoms with Crippen molar-refractivity contribution in [3.05, 3.63) is 55.5 Å². The SMILES string of the molecule is COC(=O)c1cc(Cl)c(NC(=O)c2c(Cl)ccc(Cl)c2Cl)cc1OC. The molecule has 5 nitrogen and oxygen atoms in total. The number of halogens is 4. The van der Waals surface area contributed by atoms with Gasteiger partial charge in [0, 0.05) is 6.07 Å². The normalized spacial score (nSPS) is 10.3. The van der Waals surface area contributed by atoms with E-state index in [4.69, 9.17) is 51.1 Å². The van der Waals surface area contributed by atoms with Gasteiger partial charge < -0.3 is 14.8 Å². The quantitative estimate of drug-likeness (QED) is 0.532. The van der Waals surface area contributed by atoms with Crippen molar-refractivity contribution in [1.82, 2.24) is 0 Å². The zero-order chi connectivity index (χ0) is 18.7. The van der Waals surface area contributed by atoms with E-state index in [9.17, 15) is 9.59 Å². The Morgan fingerprint density at radius 3 is 2.20 bits per heavy atom. The average Bonchev–Trinajstić information content (AvgIpc) is 2.59. The number of hydrogen-bond acceptors (Lipinski definition) is 4. The Morgan fingerprint density at radius 1 is 0.960 bits per heavy atom. The molecule has 9 heteroatoms. The van der Waals surface area contributed by atoms with E-state index >= 15 is 0 Å². The zero-order valence-electron chi connectivity index (χ0n) is 13.0. The van der Waals surface area contributed by atoms with E-state index < -0.39 is 11.9 Å². The summed E-state index contributed by atoms with van der Waals surface area (Å²) in [5.41, 5.74) is 0.318. The van der Waals surface area contributed by atoms with Crippen molar-refractivity contribution in [2.75, 3.05) is 19.5 Å². The molecule has 0 heterocycles. The molecule has 0 spiro atoms. The van der Waals surface area contributed by atoms with Crippen LogP contribution in [0, 0.1) is 0 Å². The minimum absolute atomic E-state index is 0.00270. The van der Waals surface area contributed by atoms with Crippen LogP contribution in [0.5, 0.6) is 5.75 Å². The summed E-state index contributed by atoms with van der Waals surface area (Å²) in [4.78, 5) is 24.2. The number of hydrogen-bond donors (Lipinski definition) is 1. The topological polar surface area (TPSA) is 64.6 Å². The molecule has 2 aromatic carbocycles. The first kappa shape index (κ1) is 19.7. The van der Waals surface area contributed by atoms with E-state index in [0.717, 1.165) is 0 Å². The molecule has 0 unspecified atom stereocenters. The van der Waals surface area contributed by atoms with Gasteiger partial charge in [-0.3, -0.25) is 4.79 Å². The Morgan fingerprint density at radius 2 is 1.60 bits per heavy atom. The van der Waals surface area contributed by atoms with Crippen LogP contribution in [0.25, 0.3) is 0 Å². The van der Waals surface area contributed by atoms with Gasteiger partial charge in [0.25, 0.3) is 5.91 Å². The van der Waals surface area contributed by atoms with Crippen LogP contribution >= 0.6 is 46.4 Å². The summed E-state index contributed by atoms with van der Waals surface area (Å²) in [6.07, 6.45) is 0. The Labute approximate surface area is 163 Å². The predicted octanol–water partition coefficient (Wildman–Crippen LogP) is 5.35. The molecule has 0 aliphatic heterocycles. The number of nitrogens with one attached hydrogen (secondary N) is 1. The maximum atomic E-state index is 12.5. The van der Waals surface area contributed by atoms with Gasteiger partial charge in [-0.2, -0.15) is 0 Å². The lowest BCUT2D eigenvalue weighted by molar-refractivity contribution is 0.0597. The van der Waals surface area contributed by atoms with Crippen LogP contribution < -0.4 is 10.1 Å². The Bertz CT molecular complexity index is 855. The molecule has 0 fully saturated rings. The third kappa shape index (κ3) is 4.12. The number of carbonyl (C=O) groups is 2. The summed E-state index contributed by atoms with van der Waals surface area (Å²) in [5, 5.41) is 2.99. The molecule has 1 amide bonds. The van der Waals surface area contributed by atoms with Gasteiger partial charge >= 0.3 is 5.97 Å². The van der Waals surface area contributed by atoms with Crippen LogP contribution in [0.3, 0.4) is 0 Å². The second-order valence-corrected chi connectivity index (χ2v) is 6.30. The van der Waals surface area contributed by atoms with Gasteiger partial charge in [-0.05, 0) is 18.2 Å². The van der Waals surface area contributed by atoms with E-state index in [0.29, 0.717) is 0 Å². The number of benzene rings is 2. The van der Waals surface area contributed by atoms with Gasteiger partial charge in [0.05, 0.1) is 45.6 Å². The van der Waals surface area contributed by atoms with Gasteiger partial charge in [-0.25, -0.2) is 4.79 Å². The fraction of sp³-hybridized carbons (Fsp3) is 0.125. The van der Waals surface area contributed by atoms with Crippen molar-refractivity contribution in [3.63, 3.8) is 0 Å². The van der Waals surface area contributed by atoms with Crippen molar-refractivity contribution in [3.8, 4) is 5.75 Å². The summed E-state index contributed by atoms with van der Waals surface area (Å²) in [6.45, 7) is 0. The van der Waals surface area contributed by atoms with Gasteiger partial charge in [-0.1, -0.05) is 46.4 Å². The number of carbonyl (C=O) groups excluding carboxylic acids is 2. The Kier molecular flexibility index (Phi) is 6.41. The maximum absolute atomic E-state index is 12.5. The van der Waals surface area contributed by atoms with Crippen LogP contribution in [-0.2, 0) is 4.74 Å². The first-order valence-corrected chi connectivity index (χ1v) is 8.22. The second kappa shape index (κ2) is 8.15. The minimum atomic E-state index is -0.627. The molecular weight excluding hydrogens is 412 g/mol. The third-order valence-corrected chi connectivity index (χ3v) is 4.65. The standard InChI is InChI=1S/C16H11Cl4NO4/c1-24-12-6-11(10(19)5-7(12)16(23)25-2)21-15(22)13-8(17)3-4-9(18)14(13)20/h3-6H,1-2H3,(H,21,22). The number of rotatable bonds is 4. The van der Waals surface area contributed by atoms with E-state index in [1.807, 2.05) is 0 Å². The molecular formula is C16H11Cl4NO4. The molecule has 0 bridgehead atoms. The van der Waals surface area contributed by atoms with Crippen molar-refractivity contribution in [1.29, 1.82) is 0 Å². The highest BCUT2D eigenvalue weighted by atomic mass is 35.5. The highest BCUT2D eigenvalue weighted by molar-refractivity contribution is 6.46. The third-order valence-electron chi connectivity index (χ3n) is 3.21. The summed E-state index contributed by atoms with van der Waals surface area (Å²) in [6, 6.07) is 5.64. The fourth-order valence-corrected chi connectivity index (χ4v) is 2.92. The molecule has 0 radical (unpaired) electrons. The van der Waals surface area contributed by atoms with Gasteiger partial charge in [0.15, 0.2) is 0 Å². The lowest BCUT2D eigenvalue weighted by Gasteiger charge is -2.14. The van der Waals surface area contributed by atoms with Crippen molar-refractivity contribution < 1.29 is 19.1 Å². The van der Waals surface area contributed by atoms with Crippen LogP contribution in [0.1, 0.15) is 20.7 Å². The van der Waals surface area contributed by atoms with E-state index in [1.165, 1.54) is 38.5 Å². The van der Waals surface area contributed by atoms with Gasteiger partial charge in [-0.15, -0.1) is 0 Å². The lowest BCUT2D eigenvalue weighted by atomic mass is 10.1. The Hall–Kier alpha value is -1.66. The largest absolute Gasteiger partial charge is 0.496 e. The first-order chi connectivity index (χ1) is 11.8. The van der Waals surface area contributed by atoms with Crippen LogP contribution in [0.2, 0.25) is 20.1 Å². The summed E-state index contributed by atoms with van der Waals surface area (Å²) in [5.74, 6) is -1.07. The van der Waals surface area contributed by atoms with Crippen LogP contribution in [0.4, 0.5) is 5.69 Å². The smallest absolute Gasteiger partial charge is 0.341 e. The zero-order valence-corrected chi connectivity index (χ0v) is 16.0. The molecule has 0 saturated carbocycles. The molecule has 0 saturated heterocycles. The number of anilines is 1. The second-order valence-electron chi connectivity index (χ2n) is 4.70. The molecule has 1 N–H and O–H groups in total. The monoisotopic (exact) mass is 421 g/mol. The predicted molar refractivity (Wildman–Crippen MR) is 98.8 cm³/mol. The molecule has 0 aliphatic rings. The van der Waals surface area contributed by atoms with Crippen LogP contribution in [-0.4, -0.2) is 26.1 Å². The van der Waals surface area contributed by atoms with Crippen molar-refractivity contribution >= 4 is 64.0 Å². The number of esters is 1. The number of ether oxygens (including phenoxy) is 2. The average molecular weight is 423 g/mol. The lowest BCUT2D eigenvalue weighted by Crippen LogP contribution is -2.14. The van der Waals surface area contributed by atoms with Crippen molar-refractivity contribution in [2.45, 2.75) is 0 Å². The van der Waals surface area contributed by atoms with E-state index in [-0.39, 0.29) is 42.7 Å². The summed E-state index contributed by atoms with van der Waals surface area (Å²) in [7, 11) is 2.60. The summed E-state index contributed by atoms with van der Waals surface area (Å²) >= 11 is 24.1. The van der Waals surface area contributed by atoms with E-state index in [2.05, 4.69) is 10.1 Å². The fourth-order valence-electron chi connectivity index (χ4n) is 2.01. The van der Waals surface area contributed by atoms with Gasteiger partial charge in [0.2, 0.25) is 0 Å². The molecule has 132 valence electrons.